The molecule has 1 aromatic heterocycles. The topological polar surface area (TPSA) is 56.1 Å². The van der Waals surface area contributed by atoms with Crippen LogP contribution in [-0.2, 0) is 11.3 Å². The van der Waals surface area contributed by atoms with Crippen molar-refractivity contribution in [1.82, 2.24) is 14.9 Å². The molecular formula is C14H15Cl2N3O2. The highest BCUT2D eigenvalue weighted by Gasteiger charge is 2.04. The lowest BCUT2D eigenvalue weighted by molar-refractivity contribution is -0.123. The summed E-state index contributed by atoms with van der Waals surface area (Å²) in [5, 5.41) is 3.72. The molecule has 0 spiro atoms. The average Bonchev–Trinajstić information content (AvgIpc) is 2.93. The van der Waals surface area contributed by atoms with E-state index in [0.29, 0.717) is 22.3 Å². The van der Waals surface area contributed by atoms with Crippen molar-refractivity contribution in [1.29, 1.82) is 0 Å². The third kappa shape index (κ3) is 5.65. The first-order valence-electron chi connectivity index (χ1n) is 6.45. The van der Waals surface area contributed by atoms with E-state index in [4.69, 9.17) is 27.9 Å². The molecule has 2 aromatic rings. The van der Waals surface area contributed by atoms with Gasteiger partial charge in [0.05, 0.1) is 6.33 Å². The summed E-state index contributed by atoms with van der Waals surface area (Å²) in [6.45, 7) is 1.32. The van der Waals surface area contributed by atoms with E-state index in [-0.39, 0.29) is 12.5 Å². The van der Waals surface area contributed by atoms with E-state index in [2.05, 4.69) is 10.3 Å². The zero-order valence-electron chi connectivity index (χ0n) is 11.3. The SMILES string of the molecule is O=C(COc1cc(Cl)cc(Cl)c1)NCCCn1ccnc1. The van der Waals surface area contributed by atoms with Crippen molar-refractivity contribution >= 4 is 29.1 Å². The summed E-state index contributed by atoms with van der Waals surface area (Å²) in [7, 11) is 0. The maximum Gasteiger partial charge on any atom is 0.257 e. The van der Waals surface area contributed by atoms with Crippen molar-refractivity contribution in [3.8, 4) is 5.75 Å². The molecule has 0 aliphatic rings. The van der Waals surface area contributed by atoms with Crippen LogP contribution in [-0.4, -0.2) is 28.6 Å². The maximum absolute atomic E-state index is 11.6. The molecule has 7 heteroatoms. The molecule has 0 saturated carbocycles. The van der Waals surface area contributed by atoms with Gasteiger partial charge in [-0.05, 0) is 24.6 Å². The Hall–Kier alpha value is -1.72. The number of carbonyl (C=O) groups excluding carboxylic acids is 1. The van der Waals surface area contributed by atoms with E-state index >= 15 is 0 Å². The Balaban J connectivity index is 1.65. The number of benzene rings is 1. The summed E-state index contributed by atoms with van der Waals surface area (Å²) in [6.07, 6.45) is 6.18. The standard InChI is InChI=1S/C14H15Cl2N3O2/c15-11-6-12(16)8-13(7-11)21-9-14(20)18-2-1-4-19-5-3-17-10-19/h3,5-8,10H,1-2,4,9H2,(H,18,20). The number of nitrogens with zero attached hydrogens (tertiary/aromatic N) is 2. The Morgan fingerprint density at radius 3 is 2.71 bits per heavy atom. The van der Waals surface area contributed by atoms with Crippen LogP contribution in [0.2, 0.25) is 10.0 Å². The van der Waals surface area contributed by atoms with E-state index in [1.165, 1.54) is 0 Å². The lowest BCUT2D eigenvalue weighted by Crippen LogP contribution is -2.30. The highest BCUT2D eigenvalue weighted by molar-refractivity contribution is 6.34. The van der Waals surface area contributed by atoms with Gasteiger partial charge in [0.15, 0.2) is 6.61 Å². The molecule has 1 amide bonds. The van der Waals surface area contributed by atoms with Crippen molar-refractivity contribution in [2.45, 2.75) is 13.0 Å². The van der Waals surface area contributed by atoms with Crippen LogP contribution in [0, 0.1) is 0 Å². The van der Waals surface area contributed by atoms with Crippen molar-refractivity contribution < 1.29 is 9.53 Å². The smallest absolute Gasteiger partial charge is 0.257 e. The fourth-order valence-electron chi connectivity index (χ4n) is 1.72. The number of halogens is 2. The fraction of sp³-hybridized carbons (Fsp3) is 0.286. The number of amides is 1. The van der Waals surface area contributed by atoms with Crippen molar-refractivity contribution in [3.05, 3.63) is 47.0 Å². The molecule has 0 atom stereocenters. The predicted molar refractivity (Wildman–Crippen MR) is 81.8 cm³/mol. The number of aryl methyl sites for hydroxylation is 1. The molecule has 1 heterocycles. The van der Waals surface area contributed by atoms with Crippen molar-refractivity contribution in [2.75, 3.05) is 13.2 Å². The summed E-state index contributed by atoms with van der Waals surface area (Å²) in [4.78, 5) is 15.6. The first kappa shape index (κ1) is 15.7. The van der Waals surface area contributed by atoms with Gasteiger partial charge in [-0.1, -0.05) is 23.2 Å². The zero-order valence-corrected chi connectivity index (χ0v) is 12.8. The maximum atomic E-state index is 11.6. The van der Waals surface area contributed by atoms with Crippen LogP contribution in [0.3, 0.4) is 0 Å². The van der Waals surface area contributed by atoms with E-state index in [0.717, 1.165) is 13.0 Å². The summed E-state index contributed by atoms with van der Waals surface area (Å²) < 4.78 is 7.29. The number of hydrogen-bond donors (Lipinski definition) is 1. The predicted octanol–water partition coefficient (Wildman–Crippen LogP) is 2.78. The number of imidazole rings is 1. The molecule has 21 heavy (non-hydrogen) atoms. The highest BCUT2D eigenvalue weighted by atomic mass is 35.5. The Bertz CT molecular complexity index is 568. The second-order valence-corrected chi connectivity index (χ2v) is 5.27. The first-order valence-corrected chi connectivity index (χ1v) is 7.20. The van der Waals surface area contributed by atoms with Crippen molar-refractivity contribution in [3.63, 3.8) is 0 Å². The van der Waals surface area contributed by atoms with Gasteiger partial charge in [0.25, 0.3) is 5.91 Å². The van der Waals surface area contributed by atoms with Crippen LogP contribution >= 0.6 is 23.2 Å². The molecule has 1 aromatic carbocycles. The number of aromatic nitrogens is 2. The van der Waals surface area contributed by atoms with Crippen LogP contribution in [0.5, 0.6) is 5.75 Å². The van der Waals surface area contributed by atoms with Gasteiger partial charge in [-0.25, -0.2) is 4.98 Å². The molecule has 0 bridgehead atoms. The number of ether oxygens (including phenoxy) is 1. The third-order valence-corrected chi connectivity index (χ3v) is 3.12. The van der Waals surface area contributed by atoms with Crippen LogP contribution in [0.15, 0.2) is 36.9 Å². The van der Waals surface area contributed by atoms with Gasteiger partial charge in [-0.3, -0.25) is 4.79 Å². The molecule has 0 aliphatic heterocycles. The molecule has 5 nitrogen and oxygen atoms in total. The molecule has 0 aliphatic carbocycles. The summed E-state index contributed by atoms with van der Waals surface area (Å²) in [5.41, 5.74) is 0. The van der Waals surface area contributed by atoms with E-state index in [1.54, 1.807) is 30.7 Å². The van der Waals surface area contributed by atoms with Gasteiger partial charge in [-0.15, -0.1) is 0 Å². The molecule has 2 rings (SSSR count). The van der Waals surface area contributed by atoms with E-state index < -0.39 is 0 Å². The second kappa shape index (κ2) is 7.90. The minimum atomic E-state index is -0.184. The van der Waals surface area contributed by atoms with Gasteiger partial charge in [-0.2, -0.15) is 0 Å². The van der Waals surface area contributed by atoms with Gasteiger partial charge in [0.2, 0.25) is 0 Å². The average molecular weight is 328 g/mol. The molecule has 1 N–H and O–H groups in total. The molecular weight excluding hydrogens is 313 g/mol. The molecule has 0 saturated heterocycles. The van der Waals surface area contributed by atoms with Gasteiger partial charge < -0.3 is 14.6 Å². The minimum absolute atomic E-state index is 0.0677. The van der Waals surface area contributed by atoms with Crippen LogP contribution in [0.4, 0.5) is 0 Å². The lowest BCUT2D eigenvalue weighted by Gasteiger charge is -2.08. The minimum Gasteiger partial charge on any atom is -0.484 e. The Labute approximate surface area is 132 Å². The summed E-state index contributed by atoms with van der Waals surface area (Å²) >= 11 is 11.7. The van der Waals surface area contributed by atoms with Crippen LogP contribution < -0.4 is 10.1 Å². The van der Waals surface area contributed by atoms with E-state index in [9.17, 15) is 4.79 Å². The monoisotopic (exact) mass is 327 g/mol. The normalized spacial score (nSPS) is 10.4. The molecule has 0 fully saturated rings. The second-order valence-electron chi connectivity index (χ2n) is 4.40. The van der Waals surface area contributed by atoms with Crippen LogP contribution in [0.1, 0.15) is 6.42 Å². The quantitative estimate of drug-likeness (QED) is 0.795. The number of nitrogens with one attached hydrogen (secondary N) is 1. The largest absolute Gasteiger partial charge is 0.484 e. The number of rotatable bonds is 7. The van der Waals surface area contributed by atoms with Crippen molar-refractivity contribution in [2.24, 2.45) is 0 Å². The van der Waals surface area contributed by atoms with Gasteiger partial charge in [0, 0.05) is 35.5 Å². The highest BCUT2D eigenvalue weighted by Crippen LogP contribution is 2.23. The summed E-state index contributed by atoms with van der Waals surface area (Å²) in [5.74, 6) is 0.290. The molecule has 0 unspecified atom stereocenters. The third-order valence-electron chi connectivity index (χ3n) is 2.68. The Morgan fingerprint density at radius 1 is 1.29 bits per heavy atom. The van der Waals surface area contributed by atoms with Gasteiger partial charge >= 0.3 is 0 Å². The van der Waals surface area contributed by atoms with E-state index in [1.807, 2.05) is 10.8 Å². The number of carbonyl (C=O) groups is 1. The zero-order chi connectivity index (χ0) is 15.1. The number of hydrogen-bond acceptors (Lipinski definition) is 3. The van der Waals surface area contributed by atoms with Gasteiger partial charge in [0.1, 0.15) is 5.75 Å². The first-order chi connectivity index (χ1) is 10.1. The Morgan fingerprint density at radius 2 is 2.05 bits per heavy atom. The lowest BCUT2D eigenvalue weighted by atomic mass is 10.3. The Kier molecular flexibility index (Phi) is 5.90. The molecule has 112 valence electrons. The fourth-order valence-corrected chi connectivity index (χ4v) is 2.23. The van der Waals surface area contributed by atoms with Crippen LogP contribution in [0.25, 0.3) is 0 Å². The molecule has 0 radical (unpaired) electrons. The summed E-state index contributed by atoms with van der Waals surface area (Å²) in [6, 6.07) is 4.83.